The predicted molar refractivity (Wildman–Crippen MR) is 125 cm³/mol. The quantitative estimate of drug-likeness (QED) is 0.269. The van der Waals surface area contributed by atoms with Crippen LogP contribution in [0.25, 0.3) is 33.3 Å². The second-order valence-electron chi connectivity index (χ2n) is 6.89. The van der Waals surface area contributed by atoms with Gasteiger partial charge in [0.1, 0.15) is 11.3 Å². The highest BCUT2D eigenvalue weighted by Gasteiger charge is 2.09. The molecule has 0 aliphatic carbocycles. The van der Waals surface area contributed by atoms with Gasteiger partial charge in [0.15, 0.2) is 5.58 Å². The Balaban J connectivity index is 1.45. The SMILES string of the molecule is COc1ccc(C=Nc2ccc3oc(-c4ccc5ccccc5c4)nc3c2)cc1Br. The number of nitrogens with zero attached hydrogens (tertiary/aromatic N) is 2. The number of aliphatic imine (C=N–C) groups is 1. The van der Waals surface area contributed by atoms with Crippen molar-refractivity contribution in [1.82, 2.24) is 4.98 Å². The first-order chi connectivity index (χ1) is 14.7. The van der Waals surface area contributed by atoms with E-state index in [4.69, 9.17) is 9.15 Å². The molecule has 0 amide bonds. The Bertz CT molecular complexity index is 1410. The van der Waals surface area contributed by atoms with E-state index in [2.05, 4.69) is 50.2 Å². The van der Waals surface area contributed by atoms with E-state index in [1.807, 2.05) is 60.8 Å². The van der Waals surface area contributed by atoms with Gasteiger partial charge in [-0.1, -0.05) is 30.3 Å². The van der Waals surface area contributed by atoms with Crippen LogP contribution in [0.3, 0.4) is 0 Å². The Labute approximate surface area is 182 Å². The van der Waals surface area contributed by atoms with Gasteiger partial charge in [-0.2, -0.15) is 0 Å². The lowest BCUT2D eigenvalue weighted by Crippen LogP contribution is -1.86. The molecule has 0 unspecified atom stereocenters. The molecule has 0 saturated heterocycles. The van der Waals surface area contributed by atoms with Gasteiger partial charge in [0.25, 0.3) is 0 Å². The lowest BCUT2D eigenvalue weighted by molar-refractivity contribution is 0.412. The zero-order valence-corrected chi connectivity index (χ0v) is 17.8. The number of hydrogen-bond donors (Lipinski definition) is 0. The molecule has 0 bridgehead atoms. The molecular formula is C25H17BrN2O2. The maximum atomic E-state index is 5.98. The number of hydrogen-bond acceptors (Lipinski definition) is 4. The number of oxazole rings is 1. The largest absolute Gasteiger partial charge is 0.496 e. The number of benzene rings is 4. The minimum absolute atomic E-state index is 0.607. The summed E-state index contributed by atoms with van der Waals surface area (Å²) in [6, 6.07) is 26.1. The van der Waals surface area contributed by atoms with Crippen LogP contribution in [0.15, 0.2) is 92.7 Å². The van der Waals surface area contributed by atoms with Crippen molar-refractivity contribution >= 4 is 49.7 Å². The van der Waals surface area contributed by atoms with Gasteiger partial charge in [0.2, 0.25) is 5.89 Å². The van der Waals surface area contributed by atoms with Crippen LogP contribution in [-0.4, -0.2) is 18.3 Å². The molecule has 0 aliphatic heterocycles. The lowest BCUT2D eigenvalue weighted by Gasteiger charge is -2.03. The molecule has 5 aromatic rings. The van der Waals surface area contributed by atoms with E-state index in [0.29, 0.717) is 5.89 Å². The summed E-state index contributed by atoms with van der Waals surface area (Å²) in [5.74, 6) is 1.40. The summed E-state index contributed by atoms with van der Waals surface area (Å²) in [6.45, 7) is 0. The van der Waals surface area contributed by atoms with Gasteiger partial charge >= 0.3 is 0 Å². The van der Waals surface area contributed by atoms with Crippen molar-refractivity contribution in [3.8, 4) is 17.2 Å². The van der Waals surface area contributed by atoms with Crippen molar-refractivity contribution in [2.45, 2.75) is 0 Å². The third-order valence-electron chi connectivity index (χ3n) is 4.91. The molecule has 5 rings (SSSR count). The molecule has 1 aromatic heterocycles. The maximum Gasteiger partial charge on any atom is 0.227 e. The smallest absolute Gasteiger partial charge is 0.227 e. The number of methoxy groups -OCH3 is 1. The van der Waals surface area contributed by atoms with E-state index in [9.17, 15) is 0 Å². The minimum atomic E-state index is 0.607. The van der Waals surface area contributed by atoms with Gasteiger partial charge in [-0.3, -0.25) is 4.99 Å². The van der Waals surface area contributed by atoms with Crippen LogP contribution >= 0.6 is 15.9 Å². The predicted octanol–water partition coefficient (Wildman–Crippen LogP) is 7.17. The number of rotatable bonds is 4. The first-order valence-corrected chi connectivity index (χ1v) is 10.3. The Kier molecular flexibility index (Phi) is 4.81. The molecule has 0 atom stereocenters. The highest BCUT2D eigenvalue weighted by molar-refractivity contribution is 9.10. The number of fused-ring (bicyclic) bond motifs is 2. The second kappa shape index (κ2) is 7.76. The standard InChI is InChI=1S/C25H17BrN2O2/c1-29-23-10-6-16(12-21(23)26)15-27-20-9-11-24-22(14-20)28-25(30-24)19-8-7-17-4-2-3-5-18(17)13-19/h2-15H,1H3. The Morgan fingerprint density at radius 2 is 1.80 bits per heavy atom. The van der Waals surface area contributed by atoms with Crippen molar-refractivity contribution in [3.63, 3.8) is 0 Å². The Morgan fingerprint density at radius 3 is 2.63 bits per heavy atom. The van der Waals surface area contributed by atoms with Crippen molar-refractivity contribution in [2.24, 2.45) is 4.99 Å². The van der Waals surface area contributed by atoms with Crippen molar-refractivity contribution in [2.75, 3.05) is 7.11 Å². The van der Waals surface area contributed by atoms with Crippen molar-refractivity contribution in [3.05, 3.63) is 88.9 Å². The van der Waals surface area contributed by atoms with Gasteiger partial charge in [0.05, 0.1) is 17.3 Å². The summed E-state index contributed by atoms with van der Waals surface area (Å²) in [7, 11) is 1.65. The van der Waals surface area contributed by atoms with E-state index in [-0.39, 0.29) is 0 Å². The van der Waals surface area contributed by atoms with E-state index < -0.39 is 0 Å². The monoisotopic (exact) mass is 456 g/mol. The van der Waals surface area contributed by atoms with E-state index in [1.165, 1.54) is 5.39 Å². The molecule has 30 heavy (non-hydrogen) atoms. The average molecular weight is 457 g/mol. The fraction of sp³-hybridized carbons (Fsp3) is 0.0400. The molecule has 5 heteroatoms. The maximum absolute atomic E-state index is 5.98. The fourth-order valence-electron chi connectivity index (χ4n) is 3.35. The van der Waals surface area contributed by atoms with Crippen LogP contribution in [0.4, 0.5) is 5.69 Å². The molecule has 0 spiro atoms. The third kappa shape index (κ3) is 3.60. The molecule has 0 N–H and O–H groups in total. The molecule has 0 saturated carbocycles. The van der Waals surface area contributed by atoms with Crippen LogP contribution in [0.1, 0.15) is 5.56 Å². The van der Waals surface area contributed by atoms with Crippen molar-refractivity contribution in [1.29, 1.82) is 0 Å². The zero-order chi connectivity index (χ0) is 20.5. The Morgan fingerprint density at radius 1 is 0.933 bits per heavy atom. The average Bonchev–Trinajstić information content (AvgIpc) is 3.21. The van der Waals surface area contributed by atoms with Gasteiger partial charge in [0, 0.05) is 11.8 Å². The zero-order valence-electron chi connectivity index (χ0n) is 16.2. The molecule has 0 radical (unpaired) electrons. The van der Waals surface area contributed by atoms with Crippen LogP contribution in [0.2, 0.25) is 0 Å². The van der Waals surface area contributed by atoms with Gasteiger partial charge < -0.3 is 9.15 Å². The molecule has 0 fully saturated rings. The van der Waals surface area contributed by atoms with Crippen LogP contribution < -0.4 is 4.74 Å². The summed E-state index contributed by atoms with van der Waals surface area (Å²) >= 11 is 3.50. The third-order valence-corrected chi connectivity index (χ3v) is 5.53. The van der Waals surface area contributed by atoms with E-state index in [0.717, 1.165) is 43.5 Å². The van der Waals surface area contributed by atoms with Crippen LogP contribution in [0.5, 0.6) is 5.75 Å². The number of aromatic nitrogens is 1. The highest BCUT2D eigenvalue weighted by Crippen LogP contribution is 2.29. The molecule has 146 valence electrons. The summed E-state index contributed by atoms with van der Waals surface area (Å²) in [6.07, 6.45) is 1.82. The van der Waals surface area contributed by atoms with Gasteiger partial charge in [-0.05, 0) is 80.8 Å². The van der Waals surface area contributed by atoms with Crippen molar-refractivity contribution < 1.29 is 9.15 Å². The highest BCUT2D eigenvalue weighted by atomic mass is 79.9. The van der Waals surface area contributed by atoms with Gasteiger partial charge in [-0.25, -0.2) is 4.98 Å². The fourth-order valence-corrected chi connectivity index (χ4v) is 3.91. The molecule has 0 aliphatic rings. The summed E-state index contributed by atoms with van der Waals surface area (Å²) in [5.41, 5.74) is 4.26. The van der Waals surface area contributed by atoms with Crippen LogP contribution in [0, 0.1) is 0 Å². The topological polar surface area (TPSA) is 47.6 Å². The summed E-state index contributed by atoms with van der Waals surface area (Å²) < 4.78 is 12.1. The normalized spacial score (nSPS) is 11.5. The number of halogens is 1. The molecular weight excluding hydrogens is 440 g/mol. The Hall–Kier alpha value is -3.44. The lowest BCUT2D eigenvalue weighted by atomic mass is 10.1. The molecule has 4 aromatic carbocycles. The molecule has 1 heterocycles. The second-order valence-corrected chi connectivity index (χ2v) is 7.74. The van der Waals surface area contributed by atoms with E-state index in [1.54, 1.807) is 7.11 Å². The summed E-state index contributed by atoms with van der Waals surface area (Å²) in [4.78, 5) is 9.26. The molecule has 4 nitrogen and oxygen atoms in total. The summed E-state index contributed by atoms with van der Waals surface area (Å²) in [5, 5.41) is 2.35. The number of ether oxygens (including phenoxy) is 1. The van der Waals surface area contributed by atoms with E-state index >= 15 is 0 Å². The van der Waals surface area contributed by atoms with Crippen LogP contribution in [-0.2, 0) is 0 Å². The minimum Gasteiger partial charge on any atom is -0.496 e. The van der Waals surface area contributed by atoms with Gasteiger partial charge in [-0.15, -0.1) is 0 Å². The first kappa shape index (κ1) is 18.6. The first-order valence-electron chi connectivity index (χ1n) is 9.47.